The SMILES string of the molecule is FC(F)(F)COC1C=CC(Br)=CC1. The Morgan fingerprint density at radius 2 is 2.23 bits per heavy atom. The molecule has 1 unspecified atom stereocenters. The maximum atomic E-state index is 11.7. The van der Waals surface area contributed by atoms with Gasteiger partial charge in [0.2, 0.25) is 0 Å². The van der Waals surface area contributed by atoms with Crippen LogP contribution in [0.3, 0.4) is 0 Å². The molecule has 1 aliphatic carbocycles. The van der Waals surface area contributed by atoms with Crippen LogP contribution in [0.15, 0.2) is 22.7 Å². The average molecular weight is 257 g/mol. The van der Waals surface area contributed by atoms with Crippen molar-refractivity contribution in [2.24, 2.45) is 0 Å². The van der Waals surface area contributed by atoms with Crippen molar-refractivity contribution in [3.05, 3.63) is 22.7 Å². The highest BCUT2D eigenvalue weighted by Gasteiger charge is 2.28. The van der Waals surface area contributed by atoms with Crippen LogP contribution in [0, 0.1) is 0 Å². The molecule has 0 bridgehead atoms. The van der Waals surface area contributed by atoms with E-state index in [9.17, 15) is 13.2 Å². The average Bonchev–Trinajstić information content (AvgIpc) is 2.02. The molecule has 0 spiro atoms. The molecule has 0 saturated carbocycles. The van der Waals surface area contributed by atoms with Gasteiger partial charge in [-0.3, -0.25) is 0 Å². The molecule has 0 fully saturated rings. The van der Waals surface area contributed by atoms with Gasteiger partial charge in [-0.1, -0.05) is 28.1 Å². The molecular formula is C8H8BrF3O. The molecule has 0 saturated heterocycles. The summed E-state index contributed by atoms with van der Waals surface area (Å²) in [5.74, 6) is 0. The van der Waals surface area contributed by atoms with Crippen LogP contribution in [0.1, 0.15) is 6.42 Å². The molecule has 0 aliphatic heterocycles. The van der Waals surface area contributed by atoms with Gasteiger partial charge in [-0.25, -0.2) is 0 Å². The fraction of sp³-hybridized carbons (Fsp3) is 0.500. The van der Waals surface area contributed by atoms with Crippen molar-refractivity contribution >= 4 is 15.9 Å². The van der Waals surface area contributed by atoms with E-state index in [2.05, 4.69) is 20.7 Å². The number of ether oxygens (including phenoxy) is 1. The predicted octanol–water partition coefficient (Wildman–Crippen LogP) is 3.17. The van der Waals surface area contributed by atoms with E-state index in [0.717, 1.165) is 4.48 Å². The van der Waals surface area contributed by atoms with Crippen molar-refractivity contribution in [1.29, 1.82) is 0 Å². The van der Waals surface area contributed by atoms with Gasteiger partial charge in [-0.2, -0.15) is 13.2 Å². The van der Waals surface area contributed by atoms with E-state index in [-0.39, 0.29) is 0 Å². The third kappa shape index (κ3) is 4.47. The molecule has 0 aromatic rings. The quantitative estimate of drug-likeness (QED) is 0.738. The first-order chi connectivity index (χ1) is 5.97. The normalized spacial score (nSPS) is 23.1. The number of halogens is 4. The molecule has 0 radical (unpaired) electrons. The lowest BCUT2D eigenvalue weighted by atomic mass is 10.1. The van der Waals surface area contributed by atoms with Crippen LogP contribution < -0.4 is 0 Å². The number of hydrogen-bond donors (Lipinski definition) is 0. The Hall–Kier alpha value is -0.290. The second-order valence-corrected chi connectivity index (χ2v) is 3.56. The van der Waals surface area contributed by atoms with Gasteiger partial charge in [0.1, 0.15) is 6.61 Å². The van der Waals surface area contributed by atoms with Crippen LogP contribution >= 0.6 is 15.9 Å². The summed E-state index contributed by atoms with van der Waals surface area (Å²) in [5, 5.41) is 0. The maximum Gasteiger partial charge on any atom is 0.411 e. The van der Waals surface area contributed by atoms with Gasteiger partial charge in [-0.05, 0) is 12.5 Å². The van der Waals surface area contributed by atoms with E-state index >= 15 is 0 Å². The van der Waals surface area contributed by atoms with Crippen LogP contribution in [0.4, 0.5) is 13.2 Å². The topological polar surface area (TPSA) is 9.23 Å². The van der Waals surface area contributed by atoms with Gasteiger partial charge in [0.15, 0.2) is 0 Å². The molecule has 1 nitrogen and oxygen atoms in total. The first kappa shape index (κ1) is 10.8. The Balaban J connectivity index is 2.30. The molecule has 0 amide bonds. The summed E-state index contributed by atoms with van der Waals surface area (Å²) >= 11 is 3.20. The molecule has 0 aromatic carbocycles. The summed E-state index contributed by atoms with van der Waals surface area (Å²) < 4.78 is 40.6. The minimum absolute atomic E-state index is 0.456. The Morgan fingerprint density at radius 1 is 1.54 bits per heavy atom. The van der Waals surface area contributed by atoms with E-state index in [1.165, 1.54) is 0 Å². The van der Waals surface area contributed by atoms with E-state index < -0.39 is 18.9 Å². The van der Waals surface area contributed by atoms with Crippen molar-refractivity contribution < 1.29 is 17.9 Å². The highest BCUT2D eigenvalue weighted by atomic mass is 79.9. The number of rotatable bonds is 2. The first-order valence-electron chi connectivity index (χ1n) is 3.69. The van der Waals surface area contributed by atoms with E-state index in [0.29, 0.717) is 6.42 Å². The molecule has 0 N–H and O–H groups in total. The molecule has 0 aromatic heterocycles. The summed E-state index contributed by atoms with van der Waals surface area (Å²) in [5.41, 5.74) is 0. The molecule has 1 atom stereocenters. The van der Waals surface area contributed by atoms with Gasteiger partial charge in [0.05, 0.1) is 6.10 Å². The fourth-order valence-electron chi connectivity index (χ4n) is 0.900. The monoisotopic (exact) mass is 256 g/mol. The van der Waals surface area contributed by atoms with Gasteiger partial charge in [0, 0.05) is 4.48 Å². The van der Waals surface area contributed by atoms with Gasteiger partial charge in [-0.15, -0.1) is 0 Å². The van der Waals surface area contributed by atoms with E-state index in [1.807, 2.05) is 0 Å². The summed E-state index contributed by atoms with van der Waals surface area (Å²) in [7, 11) is 0. The molecule has 74 valence electrons. The van der Waals surface area contributed by atoms with Crippen molar-refractivity contribution in [3.63, 3.8) is 0 Å². The van der Waals surface area contributed by atoms with Crippen LogP contribution in [0.25, 0.3) is 0 Å². The van der Waals surface area contributed by atoms with Crippen LogP contribution in [0.2, 0.25) is 0 Å². The third-order valence-electron chi connectivity index (χ3n) is 1.48. The number of allylic oxidation sites excluding steroid dienone is 2. The van der Waals surface area contributed by atoms with Gasteiger partial charge in [0.25, 0.3) is 0 Å². The molecular weight excluding hydrogens is 249 g/mol. The first-order valence-corrected chi connectivity index (χ1v) is 4.49. The Morgan fingerprint density at radius 3 is 2.69 bits per heavy atom. The lowest BCUT2D eigenvalue weighted by Crippen LogP contribution is -2.22. The Kier molecular flexibility index (Phi) is 3.55. The smallest absolute Gasteiger partial charge is 0.364 e. The number of alkyl halides is 3. The molecule has 1 aliphatic rings. The van der Waals surface area contributed by atoms with Crippen LogP contribution in [-0.4, -0.2) is 18.9 Å². The standard InChI is InChI=1S/C8H8BrF3O/c9-6-1-3-7(4-2-6)13-5-8(10,11)12/h1-3,7H,4-5H2. The Bertz CT molecular complexity index is 232. The lowest BCUT2D eigenvalue weighted by molar-refractivity contribution is -0.180. The minimum atomic E-state index is -4.24. The lowest BCUT2D eigenvalue weighted by Gasteiger charge is -2.16. The highest BCUT2D eigenvalue weighted by molar-refractivity contribution is 9.11. The molecule has 0 heterocycles. The summed E-state index contributed by atoms with van der Waals surface area (Å²) in [6.45, 7) is -1.19. The summed E-state index contributed by atoms with van der Waals surface area (Å²) in [6.07, 6.45) is 0.851. The minimum Gasteiger partial charge on any atom is -0.364 e. The van der Waals surface area contributed by atoms with Gasteiger partial charge >= 0.3 is 6.18 Å². The molecule has 13 heavy (non-hydrogen) atoms. The number of hydrogen-bond acceptors (Lipinski definition) is 1. The fourth-order valence-corrected chi connectivity index (χ4v) is 1.24. The predicted molar refractivity (Wildman–Crippen MR) is 46.6 cm³/mol. The maximum absolute atomic E-state index is 11.7. The third-order valence-corrected chi connectivity index (χ3v) is 2.06. The van der Waals surface area contributed by atoms with Crippen LogP contribution in [-0.2, 0) is 4.74 Å². The molecule has 5 heteroatoms. The van der Waals surface area contributed by atoms with Crippen molar-refractivity contribution in [3.8, 4) is 0 Å². The van der Waals surface area contributed by atoms with Crippen LogP contribution in [0.5, 0.6) is 0 Å². The zero-order valence-electron chi connectivity index (χ0n) is 6.64. The van der Waals surface area contributed by atoms with E-state index in [4.69, 9.17) is 0 Å². The zero-order valence-corrected chi connectivity index (χ0v) is 8.23. The van der Waals surface area contributed by atoms with Crippen molar-refractivity contribution in [1.82, 2.24) is 0 Å². The highest BCUT2D eigenvalue weighted by Crippen LogP contribution is 2.21. The zero-order chi connectivity index (χ0) is 9.90. The Labute approximate surface area is 82.4 Å². The van der Waals surface area contributed by atoms with E-state index in [1.54, 1.807) is 18.2 Å². The largest absolute Gasteiger partial charge is 0.411 e. The second kappa shape index (κ2) is 4.28. The summed E-state index contributed by atoms with van der Waals surface area (Å²) in [4.78, 5) is 0. The second-order valence-electron chi connectivity index (χ2n) is 2.65. The van der Waals surface area contributed by atoms with Crippen molar-refractivity contribution in [2.75, 3.05) is 6.61 Å². The molecule has 1 rings (SSSR count). The van der Waals surface area contributed by atoms with Gasteiger partial charge < -0.3 is 4.74 Å². The van der Waals surface area contributed by atoms with Crippen molar-refractivity contribution in [2.45, 2.75) is 18.7 Å². The summed E-state index contributed by atoms with van der Waals surface area (Å²) in [6, 6.07) is 0.